The van der Waals surface area contributed by atoms with Gasteiger partial charge in [0.15, 0.2) is 0 Å². The van der Waals surface area contributed by atoms with Crippen molar-refractivity contribution in [2.45, 2.75) is 38.4 Å². The zero-order valence-corrected chi connectivity index (χ0v) is 10.6. The van der Waals surface area contributed by atoms with Crippen LogP contribution in [0.2, 0.25) is 0 Å². The molecular weight excluding hydrogens is 253 g/mol. The summed E-state index contributed by atoms with van der Waals surface area (Å²) < 4.78 is 38.5. The Kier molecular flexibility index (Phi) is 2.80. The molecule has 2 atom stereocenters. The van der Waals surface area contributed by atoms with Gasteiger partial charge in [-0.3, -0.25) is 4.68 Å². The molecule has 1 aliphatic carbocycles. The predicted octanol–water partition coefficient (Wildman–Crippen LogP) is 4.11. The molecule has 0 unspecified atom stereocenters. The first-order chi connectivity index (χ1) is 8.98. The molecule has 1 heterocycles. The number of hydrogen-bond donors (Lipinski definition) is 0. The fraction of sp³-hybridized carbons (Fsp3) is 0.500. The van der Waals surface area contributed by atoms with Gasteiger partial charge in [0, 0.05) is 5.39 Å². The first kappa shape index (κ1) is 12.5. The maximum Gasteiger partial charge on any atom is 0.408 e. The molecule has 1 saturated carbocycles. The Morgan fingerprint density at radius 2 is 2.16 bits per heavy atom. The van der Waals surface area contributed by atoms with Gasteiger partial charge in [-0.15, -0.1) is 0 Å². The molecule has 3 rings (SSSR count). The standard InChI is InChI=1S/C14H15F3N2/c1-2-9-5-12(9)10-3-4-11-7-18-19(13(11)6-10)8-14(15,16)17/h3-4,6-7,9,12H,2,5,8H2,1H3/t9-,12-/m0/s1. The van der Waals surface area contributed by atoms with Crippen molar-refractivity contribution in [1.29, 1.82) is 0 Å². The number of nitrogens with zero attached hydrogens (tertiary/aromatic N) is 2. The van der Waals surface area contributed by atoms with Crippen molar-refractivity contribution in [3.8, 4) is 0 Å². The molecule has 0 amide bonds. The molecule has 1 aromatic heterocycles. The summed E-state index contributed by atoms with van der Waals surface area (Å²) in [6.07, 6.45) is -0.463. The summed E-state index contributed by atoms with van der Waals surface area (Å²) in [6.45, 7) is 1.12. The third kappa shape index (κ3) is 2.46. The van der Waals surface area contributed by atoms with E-state index in [9.17, 15) is 13.2 Å². The highest BCUT2D eigenvalue weighted by atomic mass is 19.4. The summed E-state index contributed by atoms with van der Waals surface area (Å²) in [4.78, 5) is 0. The normalized spacial score (nSPS) is 22.9. The van der Waals surface area contributed by atoms with Crippen LogP contribution in [0.25, 0.3) is 10.9 Å². The molecule has 2 aromatic rings. The van der Waals surface area contributed by atoms with Crippen molar-refractivity contribution < 1.29 is 13.2 Å². The van der Waals surface area contributed by atoms with Gasteiger partial charge in [0.1, 0.15) is 6.54 Å². The van der Waals surface area contributed by atoms with Crippen LogP contribution in [0.4, 0.5) is 13.2 Å². The summed E-state index contributed by atoms with van der Waals surface area (Å²) >= 11 is 0. The molecule has 102 valence electrons. The van der Waals surface area contributed by atoms with Gasteiger partial charge in [-0.1, -0.05) is 25.5 Å². The molecule has 1 aliphatic rings. The van der Waals surface area contributed by atoms with Crippen LogP contribution in [0.5, 0.6) is 0 Å². The van der Waals surface area contributed by atoms with Crippen molar-refractivity contribution in [2.75, 3.05) is 0 Å². The Bertz CT molecular complexity index is 600. The molecule has 1 fully saturated rings. The van der Waals surface area contributed by atoms with Crippen molar-refractivity contribution in [2.24, 2.45) is 5.92 Å². The van der Waals surface area contributed by atoms with E-state index >= 15 is 0 Å². The molecule has 0 bridgehead atoms. The van der Waals surface area contributed by atoms with E-state index in [4.69, 9.17) is 0 Å². The minimum atomic E-state index is -4.24. The number of hydrogen-bond acceptors (Lipinski definition) is 1. The van der Waals surface area contributed by atoms with E-state index in [1.807, 2.05) is 18.2 Å². The van der Waals surface area contributed by atoms with Gasteiger partial charge in [-0.25, -0.2) is 0 Å². The maximum absolute atomic E-state index is 12.5. The van der Waals surface area contributed by atoms with Gasteiger partial charge in [0.05, 0.1) is 11.7 Å². The number of aromatic nitrogens is 2. The summed E-state index contributed by atoms with van der Waals surface area (Å²) in [6, 6.07) is 5.76. The van der Waals surface area contributed by atoms with E-state index < -0.39 is 12.7 Å². The Balaban J connectivity index is 1.94. The second-order valence-electron chi connectivity index (χ2n) is 5.25. The number of benzene rings is 1. The van der Waals surface area contributed by atoms with Crippen LogP contribution in [0.3, 0.4) is 0 Å². The Hall–Kier alpha value is -1.52. The smallest absolute Gasteiger partial charge is 0.256 e. The lowest BCUT2D eigenvalue weighted by Crippen LogP contribution is -2.18. The van der Waals surface area contributed by atoms with Gasteiger partial charge in [0.2, 0.25) is 0 Å². The number of rotatable bonds is 3. The van der Waals surface area contributed by atoms with Gasteiger partial charge >= 0.3 is 6.18 Å². The summed E-state index contributed by atoms with van der Waals surface area (Å²) in [7, 11) is 0. The predicted molar refractivity (Wildman–Crippen MR) is 66.9 cm³/mol. The van der Waals surface area contributed by atoms with Gasteiger partial charge in [-0.05, 0) is 29.9 Å². The molecule has 19 heavy (non-hydrogen) atoms. The molecule has 0 saturated heterocycles. The molecule has 0 aliphatic heterocycles. The van der Waals surface area contributed by atoms with Crippen LogP contribution in [-0.2, 0) is 6.54 Å². The Morgan fingerprint density at radius 3 is 2.79 bits per heavy atom. The van der Waals surface area contributed by atoms with E-state index in [0.717, 1.165) is 28.5 Å². The molecule has 0 spiro atoms. The summed E-state index contributed by atoms with van der Waals surface area (Å²) in [5.74, 6) is 1.21. The van der Waals surface area contributed by atoms with Crippen LogP contribution in [0.1, 0.15) is 31.2 Å². The van der Waals surface area contributed by atoms with E-state index in [0.29, 0.717) is 17.4 Å². The molecule has 5 heteroatoms. The highest BCUT2D eigenvalue weighted by Crippen LogP contribution is 2.49. The number of fused-ring (bicyclic) bond motifs is 1. The zero-order valence-electron chi connectivity index (χ0n) is 10.6. The van der Waals surface area contributed by atoms with Crippen molar-refractivity contribution in [3.63, 3.8) is 0 Å². The van der Waals surface area contributed by atoms with Crippen molar-refractivity contribution in [3.05, 3.63) is 30.0 Å². The Labute approximate surface area is 109 Å². The minimum Gasteiger partial charge on any atom is -0.256 e. The van der Waals surface area contributed by atoms with Crippen LogP contribution in [0.15, 0.2) is 24.4 Å². The first-order valence-electron chi connectivity index (χ1n) is 6.50. The van der Waals surface area contributed by atoms with Crippen LogP contribution >= 0.6 is 0 Å². The second-order valence-corrected chi connectivity index (χ2v) is 5.25. The maximum atomic E-state index is 12.5. The van der Waals surface area contributed by atoms with E-state index in [1.54, 1.807) is 0 Å². The minimum absolute atomic E-state index is 0.517. The third-order valence-electron chi connectivity index (χ3n) is 3.87. The molecule has 2 nitrogen and oxygen atoms in total. The highest BCUT2D eigenvalue weighted by Gasteiger charge is 2.36. The number of halogens is 3. The largest absolute Gasteiger partial charge is 0.408 e. The molecule has 0 radical (unpaired) electrons. The highest BCUT2D eigenvalue weighted by molar-refractivity contribution is 5.79. The topological polar surface area (TPSA) is 17.8 Å². The number of alkyl halides is 3. The Morgan fingerprint density at radius 1 is 1.37 bits per heavy atom. The lowest BCUT2D eigenvalue weighted by atomic mass is 10.1. The van der Waals surface area contributed by atoms with Crippen molar-refractivity contribution in [1.82, 2.24) is 9.78 Å². The van der Waals surface area contributed by atoms with Crippen molar-refractivity contribution >= 4 is 10.9 Å². The third-order valence-corrected chi connectivity index (χ3v) is 3.87. The monoisotopic (exact) mass is 268 g/mol. The van der Waals surface area contributed by atoms with Crippen LogP contribution in [0, 0.1) is 5.92 Å². The zero-order chi connectivity index (χ0) is 13.6. The van der Waals surface area contributed by atoms with E-state index in [2.05, 4.69) is 12.0 Å². The average Bonchev–Trinajstić information content (AvgIpc) is 3.04. The van der Waals surface area contributed by atoms with E-state index in [-0.39, 0.29) is 0 Å². The first-order valence-corrected chi connectivity index (χ1v) is 6.50. The summed E-state index contributed by atoms with van der Waals surface area (Å²) in [5, 5.41) is 4.60. The van der Waals surface area contributed by atoms with Crippen LogP contribution < -0.4 is 0 Å². The van der Waals surface area contributed by atoms with E-state index in [1.165, 1.54) is 6.20 Å². The van der Waals surface area contributed by atoms with Gasteiger partial charge in [0.25, 0.3) is 0 Å². The SMILES string of the molecule is CC[C@H]1C[C@@H]1c1ccc2cnn(CC(F)(F)F)c2c1. The van der Waals surface area contributed by atoms with Gasteiger partial charge < -0.3 is 0 Å². The average molecular weight is 268 g/mol. The van der Waals surface area contributed by atoms with Gasteiger partial charge in [-0.2, -0.15) is 18.3 Å². The lowest BCUT2D eigenvalue weighted by molar-refractivity contribution is -0.141. The molecule has 0 N–H and O–H groups in total. The summed E-state index contributed by atoms with van der Waals surface area (Å²) in [5.41, 5.74) is 1.72. The second kappa shape index (κ2) is 4.25. The quantitative estimate of drug-likeness (QED) is 0.819. The fourth-order valence-corrected chi connectivity index (χ4v) is 2.72. The molecule has 1 aromatic carbocycles. The lowest BCUT2D eigenvalue weighted by Gasteiger charge is -2.08. The van der Waals surface area contributed by atoms with Crippen LogP contribution in [-0.4, -0.2) is 16.0 Å². The fourth-order valence-electron chi connectivity index (χ4n) is 2.72. The molecular formula is C14H15F3N2.